The van der Waals surface area contributed by atoms with Crippen molar-refractivity contribution in [2.24, 2.45) is 0 Å². The summed E-state index contributed by atoms with van der Waals surface area (Å²) < 4.78 is 0. The highest BCUT2D eigenvalue weighted by molar-refractivity contribution is 7.15. The Labute approximate surface area is 128 Å². The maximum atomic E-state index is 6.05. The van der Waals surface area contributed by atoms with E-state index >= 15 is 0 Å². The normalized spacial score (nSPS) is 12.6. The molecule has 1 nitrogen and oxygen atoms in total. The van der Waals surface area contributed by atoms with Gasteiger partial charge in [0.1, 0.15) is 0 Å². The Hall–Kier alpha value is -0.540. The maximum Gasteiger partial charge on any atom is 0.0427 e. The van der Waals surface area contributed by atoms with E-state index in [4.69, 9.17) is 23.2 Å². The van der Waals surface area contributed by atoms with Gasteiger partial charge in [0.15, 0.2) is 0 Å². The van der Waals surface area contributed by atoms with E-state index in [0.717, 1.165) is 18.5 Å². The molecule has 2 aromatic rings. The number of rotatable bonds is 5. The topological polar surface area (TPSA) is 12.0 Å². The Morgan fingerprint density at radius 3 is 2.47 bits per heavy atom. The molecule has 0 amide bonds. The minimum Gasteiger partial charge on any atom is -0.309 e. The molecule has 19 heavy (non-hydrogen) atoms. The predicted molar refractivity (Wildman–Crippen MR) is 86.5 cm³/mol. The first-order valence-corrected chi connectivity index (χ1v) is 7.97. The summed E-state index contributed by atoms with van der Waals surface area (Å²) in [5, 5.41) is 4.85. The molecule has 1 N–H and O–H groups in total. The number of halogens is 2. The fraction of sp³-hybridized carbons (Fsp3) is 0.333. The molecule has 0 spiro atoms. The molecule has 0 saturated heterocycles. The van der Waals surface area contributed by atoms with Crippen LogP contribution in [0.2, 0.25) is 10.0 Å². The van der Waals surface area contributed by atoms with Gasteiger partial charge in [-0.15, -0.1) is 11.3 Å². The molecule has 1 aromatic carbocycles. The molecule has 1 aromatic heterocycles. The lowest BCUT2D eigenvalue weighted by atomic mass is 10.2. The van der Waals surface area contributed by atoms with Gasteiger partial charge in [-0.25, -0.2) is 0 Å². The van der Waals surface area contributed by atoms with Crippen LogP contribution in [0.25, 0.3) is 10.4 Å². The van der Waals surface area contributed by atoms with Crippen LogP contribution in [-0.4, -0.2) is 6.54 Å². The van der Waals surface area contributed by atoms with E-state index in [1.165, 1.54) is 9.75 Å². The van der Waals surface area contributed by atoms with E-state index in [0.29, 0.717) is 16.1 Å². The molecule has 2 rings (SSSR count). The van der Waals surface area contributed by atoms with Crippen molar-refractivity contribution in [3.63, 3.8) is 0 Å². The maximum absolute atomic E-state index is 6.05. The quantitative estimate of drug-likeness (QED) is 0.737. The lowest BCUT2D eigenvalue weighted by Gasteiger charge is -2.10. The van der Waals surface area contributed by atoms with Gasteiger partial charge >= 0.3 is 0 Å². The van der Waals surface area contributed by atoms with Gasteiger partial charge in [-0.05, 0) is 55.8 Å². The summed E-state index contributed by atoms with van der Waals surface area (Å²) in [7, 11) is 0. The van der Waals surface area contributed by atoms with Crippen molar-refractivity contribution in [1.82, 2.24) is 5.32 Å². The van der Waals surface area contributed by atoms with Gasteiger partial charge in [-0.2, -0.15) is 0 Å². The van der Waals surface area contributed by atoms with Crippen LogP contribution in [-0.2, 0) is 0 Å². The van der Waals surface area contributed by atoms with Crippen molar-refractivity contribution in [2.45, 2.75) is 26.3 Å². The van der Waals surface area contributed by atoms with Gasteiger partial charge in [0, 0.05) is 25.8 Å². The fourth-order valence-electron chi connectivity index (χ4n) is 1.90. The molecular weight excluding hydrogens is 297 g/mol. The zero-order valence-corrected chi connectivity index (χ0v) is 13.4. The van der Waals surface area contributed by atoms with Gasteiger partial charge < -0.3 is 5.32 Å². The van der Waals surface area contributed by atoms with Crippen LogP contribution in [0.1, 0.15) is 31.2 Å². The van der Waals surface area contributed by atoms with E-state index in [2.05, 4.69) is 31.3 Å². The second kappa shape index (κ2) is 6.76. The van der Waals surface area contributed by atoms with Gasteiger partial charge in [0.05, 0.1) is 0 Å². The largest absolute Gasteiger partial charge is 0.309 e. The Kier molecular flexibility index (Phi) is 5.28. The lowest BCUT2D eigenvalue weighted by Crippen LogP contribution is -2.18. The molecule has 102 valence electrons. The van der Waals surface area contributed by atoms with Gasteiger partial charge in [-0.1, -0.05) is 30.1 Å². The first kappa shape index (κ1) is 14.9. The summed E-state index contributed by atoms with van der Waals surface area (Å²) in [6.45, 7) is 5.40. The highest BCUT2D eigenvalue weighted by Gasteiger charge is 2.09. The standard InChI is InChI=1S/C15H17Cl2NS/c1-3-6-18-10(2)14-4-5-15(19-14)11-7-12(16)9-13(17)8-11/h4-5,7-10,18H,3,6H2,1-2H3. The molecule has 0 bridgehead atoms. The second-order valence-corrected chi connectivity index (χ2v) is 6.52. The Balaban J connectivity index is 2.20. The fourth-order valence-corrected chi connectivity index (χ4v) is 3.45. The Morgan fingerprint density at radius 1 is 1.16 bits per heavy atom. The minimum absolute atomic E-state index is 0.383. The molecule has 1 heterocycles. The molecule has 4 heteroatoms. The van der Waals surface area contributed by atoms with Crippen molar-refractivity contribution in [2.75, 3.05) is 6.54 Å². The lowest BCUT2D eigenvalue weighted by molar-refractivity contribution is 0.578. The molecule has 1 atom stereocenters. The summed E-state index contributed by atoms with van der Waals surface area (Å²) in [6, 6.07) is 10.3. The average Bonchev–Trinajstić information content (AvgIpc) is 2.84. The van der Waals surface area contributed by atoms with Crippen molar-refractivity contribution in [3.05, 3.63) is 45.3 Å². The van der Waals surface area contributed by atoms with E-state index in [1.807, 2.05) is 12.1 Å². The number of hydrogen-bond donors (Lipinski definition) is 1. The van der Waals surface area contributed by atoms with Gasteiger partial charge in [0.25, 0.3) is 0 Å². The second-order valence-electron chi connectivity index (χ2n) is 4.54. The first-order valence-electron chi connectivity index (χ1n) is 6.39. The first-order chi connectivity index (χ1) is 9.10. The molecule has 0 aliphatic heterocycles. The number of thiophene rings is 1. The summed E-state index contributed by atoms with van der Waals surface area (Å²) in [4.78, 5) is 2.53. The van der Waals surface area contributed by atoms with E-state index < -0.39 is 0 Å². The van der Waals surface area contributed by atoms with Crippen molar-refractivity contribution >= 4 is 34.5 Å². The van der Waals surface area contributed by atoms with Crippen molar-refractivity contribution in [1.29, 1.82) is 0 Å². The molecule has 0 fully saturated rings. The number of benzene rings is 1. The Morgan fingerprint density at radius 2 is 1.84 bits per heavy atom. The van der Waals surface area contributed by atoms with Gasteiger partial charge in [0.2, 0.25) is 0 Å². The summed E-state index contributed by atoms with van der Waals surface area (Å²) in [5.41, 5.74) is 1.08. The molecule has 0 aliphatic carbocycles. The monoisotopic (exact) mass is 313 g/mol. The molecule has 0 radical (unpaired) electrons. The molecular formula is C15H17Cl2NS. The van der Waals surface area contributed by atoms with Crippen LogP contribution < -0.4 is 5.32 Å². The minimum atomic E-state index is 0.383. The van der Waals surface area contributed by atoms with Crippen LogP contribution >= 0.6 is 34.5 Å². The van der Waals surface area contributed by atoms with Crippen LogP contribution in [0, 0.1) is 0 Å². The van der Waals surface area contributed by atoms with Crippen LogP contribution in [0.15, 0.2) is 30.3 Å². The third-order valence-corrected chi connectivity index (χ3v) is 4.65. The highest BCUT2D eigenvalue weighted by Crippen LogP contribution is 2.34. The summed E-state index contributed by atoms with van der Waals surface area (Å²) in [6.07, 6.45) is 1.15. The van der Waals surface area contributed by atoms with Crippen LogP contribution in [0.3, 0.4) is 0 Å². The summed E-state index contributed by atoms with van der Waals surface area (Å²) >= 11 is 13.9. The molecule has 0 saturated carbocycles. The predicted octanol–water partition coefficient (Wildman–Crippen LogP) is 5.78. The number of hydrogen-bond acceptors (Lipinski definition) is 2. The van der Waals surface area contributed by atoms with E-state index in [-0.39, 0.29) is 0 Å². The van der Waals surface area contributed by atoms with E-state index in [9.17, 15) is 0 Å². The average molecular weight is 314 g/mol. The van der Waals surface area contributed by atoms with E-state index in [1.54, 1.807) is 17.4 Å². The van der Waals surface area contributed by atoms with Crippen LogP contribution in [0.5, 0.6) is 0 Å². The zero-order valence-electron chi connectivity index (χ0n) is 11.0. The zero-order chi connectivity index (χ0) is 13.8. The highest BCUT2D eigenvalue weighted by atomic mass is 35.5. The smallest absolute Gasteiger partial charge is 0.0427 e. The molecule has 0 aliphatic rings. The number of nitrogens with one attached hydrogen (secondary N) is 1. The van der Waals surface area contributed by atoms with Crippen molar-refractivity contribution < 1.29 is 0 Å². The SMILES string of the molecule is CCCNC(C)c1ccc(-c2cc(Cl)cc(Cl)c2)s1. The van der Waals surface area contributed by atoms with Gasteiger partial charge in [-0.3, -0.25) is 0 Å². The molecule has 1 unspecified atom stereocenters. The third kappa shape index (κ3) is 3.96. The van der Waals surface area contributed by atoms with Crippen LogP contribution in [0.4, 0.5) is 0 Å². The summed E-state index contributed by atoms with van der Waals surface area (Å²) in [5.74, 6) is 0. The Bertz CT molecular complexity index is 531. The third-order valence-electron chi connectivity index (χ3n) is 2.90. The van der Waals surface area contributed by atoms with Crippen molar-refractivity contribution in [3.8, 4) is 10.4 Å².